The van der Waals surface area contributed by atoms with Crippen molar-refractivity contribution in [3.63, 3.8) is 0 Å². The first-order chi connectivity index (χ1) is 14.1. The van der Waals surface area contributed by atoms with Crippen molar-refractivity contribution < 1.29 is 9.47 Å². The minimum absolute atomic E-state index is 0.239. The van der Waals surface area contributed by atoms with Crippen molar-refractivity contribution in [1.82, 2.24) is 5.32 Å². The molecule has 152 valence electrons. The van der Waals surface area contributed by atoms with Gasteiger partial charge in [0.05, 0.1) is 11.6 Å². The molecule has 1 atom stereocenters. The van der Waals surface area contributed by atoms with Gasteiger partial charge in [-0.3, -0.25) is 0 Å². The summed E-state index contributed by atoms with van der Waals surface area (Å²) in [6.45, 7) is 7.87. The zero-order valence-corrected chi connectivity index (χ0v) is 18.0. The predicted molar refractivity (Wildman–Crippen MR) is 120 cm³/mol. The minimum atomic E-state index is 0.239. The molecule has 0 unspecified atom stereocenters. The van der Waals surface area contributed by atoms with Gasteiger partial charge in [-0.25, -0.2) is 0 Å². The molecule has 0 radical (unpaired) electrons. The molecule has 3 nitrogen and oxygen atoms in total. The Morgan fingerprint density at radius 3 is 2.34 bits per heavy atom. The van der Waals surface area contributed by atoms with Crippen LogP contribution in [0.25, 0.3) is 0 Å². The fourth-order valence-electron chi connectivity index (χ4n) is 3.10. The Labute approximate surface area is 178 Å². The van der Waals surface area contributed by atoms with Crippen LogP contribution in [0.15, 0.2) is 66.7 Å². The molecule has 4 heteroatoms. The summed E-state index contributed by atoms with van der Waals surface area (Å²) in [5, 5.41) is 4.10. The largest absolute Gasteiger partial charge is 0.490 e. The highest BCUT2D eigenvalue weighted by Gasteiger charge is 2.14. The van der Waals surface area contributed by atoms with Crippen LogP contribution in [0, 0.1) is 6.92 Å². The van der Waals surface area contributed by atoms with E-state index in [-0.39, 0.29) is 6.04 Å². The molecule has 0 aromatic heterocycles. The van der Waals surface area contributed by atoms with E-state index in [1.807, 2.05) is 25.1 Å². The smallest absolute Gasteiger partial charge is 0.180 e. The molecule has 3 aromatic carbocycles. The number of aryl methyl sites for hydroxylation is 1. The summed E-state index contributed by atoms with van der Waals surface area (Å²) in [5.74, 6) is 1.27. The van der Waals surface area contributed by atoms with Crippen molar-refractivity contribution in [2.45, 2.75) is 40.0 Å². The second kappa shape index (κ2) is 10.3. The zero-order chi connectivity index (χ0) is 20.6. The van der Waals surface area contributed by atoms with Crippen LogP contribution in [-0.4, -0.2) is 6.61 Å². The maximum Gasteiger partial charge on any atom is 0.180 e. The van der Waals surface area contributed by atoms with E-state index in [0.29, 0.717) is 36.3 Å². The summed E-state index contributed by atoms with van der Waals surface area (Å²) in [5.41, 5.74) is 4.63. The predicted octanol–water partition coefficient (Wildman–Crippen LogP) is 6.48. The van der Waals surface area contributed by atoms with Crippen molar-refractivity contribution >= 4 is 11.6 Å². The number of hydrogen-bond acceptors (Lipinski definition) is 3. The first-order valence-electron chi connectivity index (χ1n) is 9.98. The van der Waals surface area contributed by atoms with E-state index in [1.54, 1.807) is 0 Å². The molecule has 0 amide bonds. The van der Waals surface area contributed by atoms with Gasteiger partial charge in [0.1, 0.15) is 6.61 Å². The number of ether oxygens (including phenoxy) is 2. The molecule has 1 N–H and O–H groups in total. The second-order valence-electron chi connectivity index (χ2n) is 7.13. The normalized spacial score (nSPS) is 11.9. The topological polar surface area (TPSA) is 30.5 Å². The molecule has 0 aliphatic heterocycles. The van der Waals surface area contributed by atoms with Crippen molar-refractivity contribution in [2.24, 2.45) is 0 Å². The highest BCUT2D eigenvalue weighted by molar-refractivity contribution is 6.32. The van der Waals surface area contributed by atoms with Gasteiger partial charge in [0, 0.05) is 12.6 Å². The standard InChI is InChI=1S/C25H28ClNO2/c1-4-28-24-15-21(16-27-19(3)22-8-6-5-7-9-22)14-23(26)25(24)29-17-20-12-10-18(2)11-13-20/h5-15,19,27H,4,16-17H2,1-3H3/t19-/m1/s1. The van der Waals surface area contributed by atoms with Gasteiger partial charge in [0.2, 0.25) is 0 Å². The third kappa shape index (κ3) is 5.99. The molecule has 0 aliphatic rings. The third-order valence-corrected chi connectivity index (χ3v) is 5.07. The molecule has 3 aromatic rings. The van der Waals surface area contributed by atoms with Crippen LogP contribution in [0.3, 0.4) is 0 Å². The number of nitrogens with one attached hydrogen (secondary N) is 1. The van der Waals surface area contributed by atoms with Gasteiger partial charge < -0.3 is 14.8 Å². The Bertz CT molecular complexity index is 910. The van der Waals surface area contributed by atoms with Gasteiger partial charge in [-0.05, 0) is 49.6 Å². The fraction of sp³-hybridized carbons (Fsp3) is 0.280. The SMILES string of the molecule is CCOc1cc(CN[C@H](C)c2ccccc2)cc(Cl)c1OCc1ccc(C)cc1. The van der Waals surface area contributed by atoms with Crippen LogP contribution in [-0.2, 0) is 13.2 Å². The van der Waals surface area contributed by atoms with Crippen molar-refractivity contribution in [2.75, 3.05) is 6.61 Å². The maximum absolute atomic E-state index is 6.56. The monoisotopic (exact) mass is 409 g/mol. The summed E-state index contributed by atoms with van der Waals surface area (Å²) < 4.78 is 11.8. The molecule has 0 heterocycles. The zero-order valence-electron chi connectivity index (χ0n) is 17.2. The van der Waals surface area contributed by atoms with E-state index in [9.17, 15) is 0 Å². The highest BCUT2D eigenvalue weighted by atomic mass is 35.5. The second-order valence-corrected chi connectivity index (χ2v) is 7.53. The molecule has 3 rings (SSSR count). The van der Waals surface area contributed by atoms with Crippen molar-refractivity contribution in [3.8, 4) is 11.5 Å². The average Bonchev–Trinajstić information content (AvgIpc) is 2.73. The Morgan fingerprint density at radius 2 is 1.66 bits per heavy atom. The third-order valence-electron chi connectivity index (χ3n) is 4.78. The fourth-order valence-corrected chi connectivity index (χ4v) is 3.38. The highest BCUT2D eigenvalue weighted by Crippen LogP contribution is 2.37. The molecule has 29 heavy (non-hydrogen) atoms. The molecular weight excluding hydrogens is 382 g/mol. The van der Waals surface area contributed by atoms with Gasteiger partial charge in [-0.2, -0.15) is 0 Å². The van der Waals surface area contributed by atoms with Gasteiger partial charge in [0.15, 0.2) is 11.5 Å². The summed E-state index contributed by atoms with van der Waals surface area (Å²) in [6.07, 6.45) is 0. The van der Waals surface area contributed by atoms with Gasteiger partial charge in [-0.15, -0.1) is 0 Å². The Morgan fingerprint density at radius 1 is 0.931 bits per heavy atom. The van der Waals surface area contributed by atoms with Crippen molar-refractivity contribution in [3.05, 3.63) is 94.0 Å². The van der Waals surface area contributed by atoms with E-state index in [0.717, 1.165) is 11.1 Å². The molecule has 0 bridgehead atoms. The van der Waals surface area contributed by atoms with Crippen LogP contribution < -0.4 is 14.8 Å². The molecular formula is C25H28ClNO2. The van der Waals surface area contributed by atoms with E-state index in [4.69, 9.17) is 21.1 Å². The van der Waals surface area contributed by atoms with Crippen LogP contribution >= 0.6 is 11.6 Å². The van der Waals surface area contributed by atoms with E-state index in [2.05, 4.69) is 67.7 Å². The first-order valence-corrected chi connectivity index (χ1v) is 10.4. The number of benzene rings is 3. The number of rotatable bonds is 9. The molecule has 0 saturated heterocycles. The molecule has 0 fully saturated rings. The van der Waals surface area contributed by atoms with Crippen LogP contribution in [0.1, 0.15) is 42.1 Å². The minimum Gasteiger partial charge on any atom is -0.490 e. The Kier molecular flexibility index (Phi) is 7.56. The molecule has 0 spiro atoms. The van der Waals surface area contributed by atoms with Gasteiger partial charge >= 0.3 is 0 Å². The molecule has 0 saturated carbocycles. The summed E-state index contributed by atoms with van der Waals surface area (Å²) in [4.78, 5) is 0. The number of halogens is 1. The quantitative estimate of drug-likeness (QED) is 0.439. The van der Waals surface area contributed by atoms with Crippen LogP contribution in [0.4, 0.5) is 0 Å². The Balaban J connectivity index is 1.70. The lowest BCUT2D eigenvalue weighted by Gasteiger charge is -2.18. The maximum atomic E-state index is 6.56. The van der Waals surface area contributed by atoms with Gasteiger partial charge in [0.25, 0.3) is 0 Å². The lowest BCUT2D eigenvalue weighted by atomic mass is 10.1. The van der Waals surface area contributed by atoms with E-state index < -0.39 is 0 Å². The van der Waals surface area contributed by atoms with E-state index >= 15 is 0 Å². The average molecular weight is 410 g/mol. The summed E-state index contributed by atoms with van der Waals surface area (Å²) in [6, 6.07) is 22.8. The van der Waals surface area contributed by atoms with E-state index in [1.165, 1.54) is 11.1 Å². The van der Waals surface area contributed by atoms with Gasteiger partial charge in [-0.1, -0.05) is 71.8 Å². The van der Waals surface area contributed by atoms with Crippen LogP contribution in [0.2, 0.25) is 5.02 Å². The summed E-state index contributed by atoms with van der Waals surface area (Å²) >= 11 is 6.56. The van der Waals surface area contributed by atoms with Crippen molar-refractivity contribution in [1.29, 1.82) is 0 Å². The lowest BCUT2D eigenvalue weighted by Crippen LogP contribution is -2.18. The van der Waals surface area contributed by atoms with Crippen LogP contribution in [0.5, 0.6) is 11.5 Å². The number of hydrogen-bond donors (Lipinski definition) is 1. The first kappa shape index (κ1) is 21.2. The summed E-state index contributed by atoms with van der Waals surface area (Å²) in [7, 11) is 0. The lowest BCUT2D eigenvalue weighted by molar-refractivity contribution is 0.269. The Hall–Kier alpha value is -2.49. The molecule has 0 aliphatic carbocycles.